The quantitative estimate of drug-likeness (QED) is 0.672. The molecular weight excluding hydrogens is 204 g/mol. The van der Waals surface area contributed by atoms with Crippen molar-refractivity contribution in [2.75, 3.05) is 6.26 Å². The molecule has 15 heavy (non-hydrogen) atoms. The van der Waals surface area contributed by atoms with E-state index in [0.717, 1.165) is 23.7 Å². The zero-order valence-corrected chi connectivity index (χ0v) is 11.1. The van der Waals surface area contributed by atoms with Gasteiger partial charge < -0.3 is 4.18 Å². The van der Waals surface area contributed by atoms with E-state index in [0.29, 0.717) is 6.10 Å². The lowest BCUT2D eigenvalue weighted by molar-refractivity contribution is -0.0127. The van der Waals surface area contributed by atoms with Crippen LogP contribution in [0.5, 0.6) is 0 Å². The lowest BCUT2D eigenvalue weighted by Crippen LogP contribution is -2.42. The highest BCUT2D eigenvalue weighted by atomic mass is 32.2. The van der Waals surface area contributed by atoms with Gasteiger partial charge in [-0.3, -0.25) is 0 Å². The van der Waals surface area contributed by atoms with E-state index in [2.05, 4.69) is 20.1 Å². The summed E-state index contributed by atoms with van der Waals surface area (Å²) >= 11 is 1.57. The maximum absolute atomic E-state index is 5.94. The Kier molecular flexibility index (Phi) is 4.00. The van der Waals surface area contributed by atoms with E-state index in [9.17, 15) is 0 Å². The molecule has 2 fully saturated rings. The molecule has 2 bridgehead atoms. The Hall–Kier alpha value is 0.310. The van der Waals surface area contributed by atoms with Crippen LogP contribution in [0.25, 0.3) is 0 Å². The van der Waals surface area contributed by atoms with Gasteiger partial charge in [-0.1, -0.05) is 20.3 Å². The van der Waals surface area contributed by atoms with Gasteiger partial charge in [0.2, 0.25) is 0 Å². The maximum Gasteiger partial charge on any atom is 0.0778 e. The molecule has 1 nitrogen and oxygen atoms in total. The molecule has 5 unspecified atom stereocenters. The molecule has 88 valence electrons. The van der Waals surface area contributed by atoms with Crippen molar-refractivity contribution in [3.05, 3.63) is 0 Å². The highest BCUT2D eigenvalue weighted by Gasteiger charge is 2.41. The van der Waals surface area contributed by atoms with Gasteiger partial charge in [-0.05, 0) is 61.4 Å². The fourth-order valence-electron chi connectivity index (χ4n) is 3.88. The van der Waals surface area contributed by atoms with Crippen LogP contribution in [0.1, 0.15) is 46.0 Å². The zero-order valence-electron chi connectivity index (χ0n) is 10.2. The van der Waals surface area contributed by atoms with E-state index in [1.807, 2.05) is 0 Å². The highest BCUT2D eigenvalue weighted by Crippen LogP contribution is 2.47. The van der Waals surface area contributed by atoms with Gasteiger partial charge in [0.15, 0.2) is 0 Å². The van der Waals surface area contributed by atoms with Crippen LogP contribution in [0.15, 0.2) is 0 Å². The summed E-state index contributed by atoms with van der Waals surface area (Å²) in [5.41, 5.74) is 0. The third-order valence-corrected chi connectivity index (χ3v) is 4.79. The lowest BCUT2D eigenvalue weighted by atomic mass is 9.63. The molecule has 0 aromatic heterocycles. The molecule has 2 saturated carbocycles. The molecule has 2 aliphatic carbocycles. The average Bonchev–Trinajstić information content (AvgIpc) is 2.21. The molecule has 0 amide bonds. The zero-order chi connectivity index (χ0) is 10.8. The molecule has 0 spiro atoms. The van der Waals surface area contributed by atoms with Crippen molar-refractivity contribution in [2.45, 2.75) is 52.1 Å². The summed E-state index contributed by atoms with van der Waals surface area (Å²) in [4.78, 5) is 0. The van der Waals surface area contributed by atoms with Crippen molar-refractivity contribution < 1.29 is 4.18 Å². The Morgan fingerprint density at radius 1 is 1.20 bits per heavy atom. The third kappa shape index (κ3) is 2.52. The number of hydrogen-bond donors (Lipinski definition) is 0. The van der Waals surface area contributed by atoms with E-state index in [-0.39, 0.29) is 0 Å². The highest BCUT2D eigenvalue weighted by molar-refractivity contribution is 7.93. The molecule has 2 heteroatoms. The summed E-state index contributed by atoms with van der Waals surface area (Å²) in [6.07, 6.45) is 9.63. The fourth-order valence-corrected chi connectivity index (χ4v) is 4.41. The number of rotatable bonds is 3. The first kappa shape index (κ1) is 11.8. The Labute approximate surface area is 98.6 Å². The Morgan fingerprint density at radius 2 is 2.00 bits per heavy atom. The minimum absolute atomic E-state index is 0.545. The van der Waals surface area contributed by atoms with E-state index in [1.54, 1.807) is 12.0 Å². The molecule has 0 aromatic carbocycles. The van der Waals surface area contributed by atoms with Crippen LogP contribution in [-0.2, 0) is 4.18 Å². The molecule has 2 rings (SSSR count). The Bertz CT molecular complexity index is 205. The van der Waals surface area contributed by atoms with Gasteiger partial charge in [0.05, 0.1) is 6.10 Å². The van der Waals surface area contributed by atoms with Crippen molar-refractivity contribution in [2.24, 2.45) is 23.7 Å². The summed E-state index contributed by atoms with van der Waals surface area (Å²) in [5, 5.41) is 0. The smallest absolute Gasteiger partial charge is 0.0778 e. The van der Waals surface area contributed by atoms with Crippen LogP contribution in [-0.4, -0.2) is 12.4 Å². The van der Waals surface area contributed by atoms with E-state index in [4.69, 9.17) is 4.18 Å². The molecule has 0 radical (unpaired) electrons. The first-order valence-corrected chi connectivity index (χ1v) is 7.59. The third-order valence-electron chi connectivity index (χ3n) is 4.37. The number of hydrogen-bond acceptors (Lipinski definition) is 2. The van der Waals surface area contributed by atoms with Crippen LogP contribution < -0.4 is 0 Å². The van der Waals surface area contributed by atoms with Crippen molar-refractivity contribution in [1.29, 1.82) is 0 Å². The molecule has 5 atom stereocenters. The first-order chi connectivity index (χ1) is 7.24. The molecule has 0 N–H and O–H groups in total. The topological polar surface area (TPSA) is 9.23 Å². The molecule has 0 aromatic rings. The van der Waals surface area contributed by atoms with Gasteiger partial charge in [0.25, 0.3) is 0 Å². The second kappa shape index (κ2) is 5.09. The molecule has 0 saturated heterocycles. The van der Waals surface area contributed by atoms with Gasteiger partial charge in [-0.15, -0.1) is 0 Å². The minimum Gasteiger partial charge on any atom is -0.312 e. The van der Waals surface area contributed by atoms with Crippen LogP contribution in [0.3, 0.4) is 0 Å². The maximum atomic E-state index is 5.94. The minimum atomic E-state index is 0.545. The molecule has 0 aliphatic heterocycles. The predicted molar refractivity (Wildman–Crippen MR) is 66.8 cm³/mol. The van der Waals surface area contributed by atoms with Gasteiger partial charge in [0.1, 0.15) is 0 Å². The van der Waals surface area contributed by atoms with E-state index in [1.165, 1.54) is 32.1 Å². The predicted octanol–water partition coefficient (Wildman–Crippen LogP) is 4.13. The van der Waals surface area contributed by atoms with Crippen LogP contribution >= 0.6 is 12.0 Å². The van der Waals surface area contributed by atoms with E-state index < -0.39 is 0 Å². The first-order valence-electron chi connectivity index (χ1n) is 6.44. The average molecular weight is 228 g/mol. The van der Waals surface area contributed by atoms with Gasteiger partial charge >= 0.3 is 0 Å². The second-order valence-electron chi connectivity index (χ2n) is 5.57. The SMILES string of the molecule is CCC1CC2CC(C)CC(C2)C1OSC. The second-order valence-corrected chi connectivity index (χ2v) is 6.10. The number of fused-ring (bicyclic) bond motifs is 2. The lowest BCUT2D eigenvalue weighted by Gasteiger charge is -2.46. The standard InChI is InChI=1S/C13H24OS/c1-4-11-7-10-5-9(2)6-12(8-10)13(11)14-15-3/h9-13H,4-8H2,1-3H3. The van der Waals surface area contributed by atoms with Crippen LogP contribution in [0, 0.1) is 23.7 Å². The largest absolute Gasteiger partial charge is 0.312 e. The summed E-state index contributed by atoms with van der Waals surface area (Å²) in [5.74, 6) is 3.61. The van der Waals surface area contributed by atoms with Crippen molar-refractivity contribution >= 4 is 12.0 Å². The normalized spacial score (nSPS) is 45.4. The summed E-state index contributed by atoms with van der Waals surface area (Å²) in [6.45, 7) is 4.74. The summed E-state index contributed by atoms with van der Waals surface area (Å²) in [6, 6.07) is 0. The molecular formula is C13H24OS. The summed E-state index contributed by atoms with van der Waals surface area (Å²) < 4.78 is 5.94. The molecule has 2 aliphatic rings. The van der Waals surface area contributed by atoms with Gasteiger partial charge in [0, 0.05) is 6.26 Å². The van der Waals surface area contributed by atoms with Gasteiger partial charge in [-0.2, -0.15) is 0 Å². The van der Waals surface area contributed by atoms with Crippen molar-refractivity contribution in [3.8, 4) is 0 Å². The Morgan fingerprint density at radius 3 is 2.67 bits per heavy atom. The van der Waals surface area contributed by atoms with Gasteiger partial charge in [-0.25, -0.2) is 0 Å². The fraction of sp³-hybridized carbons (Fsp3) is 1.00. The van der Waals surface area contributed by atoms with E-state index >= 15 is 0 Å². The Balaban J connectivity index is 2.05. The van der Waals surface area contributed by atoms with Crippen molar-refractivity contribution in [1.82, 2.24) is 0 Å². The van der Waals surface area contributed by atoms with Crippen molar-refractivity contribution in [3.63, 3.8) is 0 Å². The molecule has 0 heterocycles. The van der Waals surface area contributed by atoms with Crippen LogP contribution in [0.2, 0.25) is 0 Å². The monoisotopic (exact) mass is 228 g/mol. The van der Waals surface area contributed by atoms with Crippen LogP contribution in [0.4, 0.5) is 0 Å². The summed E-state index contributed by atoms with van der Waals surface area (Å²) in [7, 11) is 0.